The minimum atomic E-state index is -0.396. The zero-order valence-corrected chi connectivity index (χ0v) is 17.2. The Morgan fingerprint density at radius 3 is 2.15 bits per heavy atom. The van der Waals surface area contributed by atoms with Gasteiger partial charge in [0.25, 0.3) is 5.91 Å². The first kappa shape index (κ1) is 20.6. The van der Waals surface area contributed by atoms with Gasteiger partial charge in [-0.15, -0.1) is 0 Å². The maximum atomic E-state index is 12.5. The summed E-state index contributed by atoms with van der Waals surface area (Å²) in [7, 11) is 0. The third-order valence-corrected chi connectivity index (χ3v) is 5.15. The number of aryl methyl sites for hydroxylation is 2. The van der Waals surface area contributed by atoms with Crippen molar-refractivity contribution in [2.75, 3.05) is 32.8 Å². The lowest BCUT2D eigenvalue weighted by atomic mass is 9.94. The predicted octanol–water partition coefficient (Wildman–Crippen LogP) is 3.44. The monoisotopic (exact) mass is 380 g/mol. The van der Waals surface area contributed by atoms with E-state index in [1.165, 1.54) is 0 Å². The summed E-state index contributed by atoms with van der Waals surface area (Å²) < 4.78 is 5.68. The smallest absolute Gasteiger partial charge is 0.260 e. The van der Waals surface area contributed by atoms with Crippen LogP contribution in [0, 0.1) is 19.3 Å². The molecule has 2 amide bonds. The number of amides is 2. The second-order valence-corrected chi connectivity index (χ2v) is 8.31. The Balaban J connectivity index is 1.91. The van der Waals surface area contributed by atoms with Gasteiger partial charge in [0.05, 0.1) is 0 Å². The molecule has 0 saturated carbocycles. The Labute approximate surface area is 161 Å². The molecule has 1 heterocycles. The highest BCUT2D eigenvalue weighted by Crippen LogP contribution is 2.26. The molecule has 0 spiro atoms. The van der Waals surface area contributed by atoms with Crippen LogP contribution >= 0.6 is 11.6 Å². The van der Waals surface area contributed by atoms with E-state index in [1.807, 2.05) is 51.7 Å². The number of carbonyl (C=O) groups is 2. The lowest BCUT2D eigenvalue weighted by Crippen LogP contribution is -2.42. The maximum absolute atomic E-state index is 12.5. The summed E-state index contributed by atoms with van der Waals surface area (Å²) >= 11 is 6.16. The molecular formula is C20H29ClN2O3. The van der Waals surface area contributed by atoms with Gasteiger partial charge in [-0.2, -0.15) is 0 Å². The van der Waals surface area contributed by atoms with Crippen molar-refractivity contribution in [3.05, 3.63) is 28.3 Å². The fourth-order valence-electron chi connectivity index (χ4n) is 3.07. The van der Waals surface area contributed by atoms with Crippen LogP contribution in [0.1, 0.15) is 38.3 Å². The van der Waals surface area contributed by atoms with Crippen molar-refractivity contribution in [1.29, 1.82) is 0 Å². The van der Waals surface area contributed by atoms with Crippen LogP contribution in [-0.4, -0.2) is 54.4 Å². The van der Waals surface area contributed by atoms with Crippen molar-refractivity contribution in [3.63, 3.8) is 0 Å². The van der Waals surface area contributed by atoms with E-state index in [4.69, 9.17) is 16.3 Å². The third-order valence-electron chi connectivity index (χ3n) is 4.55. The number of halogens is 1. The Bertz CT molecular complexity index is 659. The van der Waals surface area contributed by atoms with Gasteiger partial charge >= 0.3 is 0 Å². The molecule has 0 radical (unpaired) electrons. The summed E-state index contributed by atoms with van der Waals surface area (Å²) in [4.78, 5) is 28.6. The molecule has 1 fully saturated rings. The number of hydrogen-bond donors (Lipinski definition) is 0. The molecule has 1 aromatic rings. The Morgan fingerprint density at radius 2 is 1.58 bits per heavy atom. The summed E-state index contributed by atoms with van der Waals surface area (Å²) in [5.74, 6) is 0.729. The lowest BCUT2D eigenvalue weighted by Gasteiger charge is -2.28. The largest absolute Gasteiger partial charge is 0.484 e. The van der Waals surface area contributed by atoms with Crippen LogP contribution in [0.3, 0.4) is 0 Å². The van der Waals surface area contributed by atoms with Crippen LogP contribution < -0.4 is 4.74 Å². The van der Waals surface area contributed by atoms with Crippen molar-refractivity contribution >= 4 is 23.4 Å². The van der Waals surface area contributed by atoms with E-state index >= 15 is 0 Å². The minimum absolute atomic E-state index is 0.00622. The summed E-state index contributed by atoms with van der Waals surface area (Å²) in [6.07, 6.45) is 0.784. The first-order chi connectivity index (χ1) is 12.1. The van der Waals surface area contributed by atoms with Crippen LogP contribution in [0.15, 0.2) is 12.1 Å². The van der Waals surface area contributed by atoms with Gasteiger partial charge in [0.2, 0.25) is 5.91 Å². The molecule has 0 unspecified atom stereocenters. The zero-order chi connectivity index (χ0) is 19.5. The molecule has 1 aromatic carbocycles. The van der Waals surface area contributed by atoms with E-state index in [0.29, 0.717) is 31.9 Å². The Morgan fingerprint density at radius 1 is 1.04 bits per heavy atom. The average Bonchev–Trinajstić information content (AvgIpc) is 2.81. The topological polar surface area (TPSA) is 49.9 Å². The van der Waals surface area contributed by atoms with Crippen molar-refractivity contribution < 1.29 is 14.3 Å². The second-order valence-electron chi connectivity index (χ2n) is 7.94. The van der Waals surface area contributed by atoms with Crippen LogP contribution in [0.25, 0.3) is 0 Å². The first-order valence-corrected chi connectivity index (χ1v) is 9.44. The molecule has 0 bridgehead atoms. The van der Waals surface area contributed by atoms with Gasteiger partial charge in [-0.3, -0.25) is 9.59 Å². The molecule has 0 N–H and O–H groups in total. The molecular weight excluding hydrogens is 352 g/mol. The summed E-state index contributed by atoms with van der Waals surface area (Å²) in [5, 5.41) is 0.722. The minimum Gasteiger partial charge on any atom is -0.484 e. The van der Waals surface area contributed by atoms with Gasteiger partial charge in [-0.25, -0.2) is 0 Å². The van der Waals surface area contributed by atoms with Gasteiger partial charge in [0.15, 0.2) is 6.61 Å². The highest BCUT2D eigenvalue weighted by atomic mass is 35.5. The van der Waals surface area contributed by atoms with E-state index in [2.05, 4.69) is 0 Å². The average molecular weight is 381 g/mol. The molecule has 144 valence electrons. The van der Waals surface area contributed by atoms with E-state index < -0.39 is 5.41 Å². The highest BCUT2D eigenvalue weighted by molar-refractivity contribution is 6.32. The van der Waals surface area contributed by atoms with Crippen molar-refractivity contribution in [3.8, 4) is 5.75 Å². The molecule has 1 aliphatic rings. The lowest BCUT2D eigenvalue weighted by molar-refractivity contribution is -0.140. The van der Waals surface area contributed by atoms with E-state index in [9.17, 15) is 9.59 Å². The molecule has 1 saturated heterocycles. The zero-order valence-electron chi connectivity index (χ0n) is 16.4. The second kappa shape index (κ2) is 8.30. The number of rotatable bonds is 3. The number of nitrogens with zero attached hydrogens (tertiary/aromatic N) is 2. The molecule has 2 rings (SSSR count). The molecule has 5 nitrogen and oxygen atoms in total. The van der Waals surface area contributed by atoms with Gasteiger partial charge in [-0.1, -0.05) is 32.4 Å². The quantitative estimate of drug-likeness (QED) is 0.807. The van der Waals surface area contributed by atoms with Crippen LogP contribution in [0.2, 0.25) is 5.02 Å². The van der Waals surface area contributed by atoms with E-state index in [0.717, 1.165) is 22.6 Å². The molecule has 1 aliphatic heterocycles. The summed E-state index contributed by atoms with van der Waals surface area (Å²) in [6, 6.07) is 3.68. The number of benzene rings is 1. The van der Waals surface area contributed by atoms with Gasteiger partial charge in [-0.05, 0) is 43.5 Å². The Kier molecular flexibility index (Phi) is 6.56. The Hall–Kier alpha value is -1.75. The molecule has 0 aromatic heterocycles. The molecule has 26 heavy (non-hydrogen) atoms. The fraction of sp³-hybridized carbons (Fsp3) is 0.600. The number of hydrogen-bond acceptors (Lipinski definition) is 3. The molecule has 0 aliphatic carbocycles. The van der Waals surface area contributed by atoms with Gasteiger partial charge in [0.1, 0.15) is 5.75 Å². The SMILES string of the molecule is Cc1cc(OCC(=O)N2CCCN(C(=O)C(C)(C)C)CC2)cc(C)c1Cl. The molecule has 0 atom stereocenters. The maximum Gasteiger partial charge on any atom is 0.260 e. The van der Waals surface area contributed by atoms with E-state index in [1.54, 1.807) is 4.90 Å². The van der Waals surface area contributed by atoms with Crippen LogP contribution in [-0.2, 0) is 9.59 Å². The van der Waals surface area contributed by atoms with Crippen molar-refractivity contribution in [2.45, 2.75) is 41.0 Å². The summed E-state index contributed by atoms with van der Waals surface area (Å²) in [6.45, 7) is 12.1. The number of carbonyl (C=O) groups excluding carboxylic acids is 2. The predicted molar refractivity (Wildman–Crippen MR) is 104 cm³/mol. The summed E-state index contributed by atoms with van der Waals surface area (Å²) in [5.41, 5.74) is 1.47. The van der Waals surface area contributed by atoms with Crippen molar-refractivity contribution in [2.24, 2.45) is 5.41 Å². The van der Waals surface area contributed by atoms with Crippen molar-refractivity contribution in [1.82, 2.24) is 9.80 Å². The molecule has 6 heteroatoms. The number of ether oxygens (including phenoxy) is 1. The van der Waals surface area contributed by atoms with Gasteiger partial charge < -0.3 is 14.5 Å². The first-order valence-electron chi connectivity index (χ1n) is 9.06. The normalized spacial score (nSPS) is 15.6. The highest BCUT2D eigenvalue weighted by Gasteiger charge is 2.29. The van der Waals surface area contributed by atoms with Crippen LogP contribution in [0.4, 0.5) is 0 Å². The third kappa shape index (κ3) is 5.13. The van der Waals surface area contributed by atoms with E-state index in [-0.39, 0.29) is 18.4 Å². The fourth-order valence-corrected chi connectivity index (χ4v) is 3.18. The standard InChI is InChI=1S/C20H29ClN2O3/c1-14-11-16(12-15(2)18(14)21)26-13-17(24)22-7-6-8-23(10-9-22)19(25)20(3,4)5/h11-12H,6-10,13H2,1-5H3. The van der Waals surface area contributed by atoms with Gasteiger partial charge in [0, 0.05) is 36.6 Å². The van der Waals surface area contributed by atoms with Crippen LogP contribution in [0.5, 0.6) is 5.75 Å².